The van der Waals surface area contributed by atoms with Crippen LogP contribution in [0.1, 0.15) is 51.3 Å². The average Bonchev–Trinajstić information content (AvgIpc) is 2.34. The van der Waals surface area contributed by atoms with Crippen molar-refractivity contribution in [2.45, 2.75) is 40.2 Å². The summed E-state index contributed by atoms with van der Waals surface area (Å²) in [5.74, 6) is 5.54. The minimum absolute atomic E-state index is 0.0156. The van der Waals surface area contributed by atoms with Crippen LogP contribution in [0.2, 0.25) is 0 Å². The van der Waals surface area contributed by atoms with Crippen LogP contribution in [0.25, 0.3) is 0 Å². The Morgan fingerprint density at radius 1 is 1.40 bits per heavy atom. The molecule has 3 heteroatoms. The fourth-order valence-corrected chi connectivity index (χ4v) is 1.88. The van der Waals surface area contributed by atoms with Gasteiger partial charge in [0.15, 0.2) is 0 Å². The van der Waals surface area contributed by atoms with Gasteiger partial charge in [-0.2, -0.15) is 0 Å². The third-order valence-corrected chi connectivity index (χ3v) is 2.77. The van der Waals surface area contributed by atoms with E-state index in [4.69, 9.17) is 5.11 Å². The Bertz CT molecular complexity index is 518. The molecule has 0 radical (unpaired) electrons. The Morgan fingerprint density at radius 2 is 2.10 bits per heavy atom. The Kier molecular flexibility index (Phi) is 5.79. The maximum absolute atomic E-state index is 11.9. The molecule has 1 rings (SSSR count). The van der Waals surface area contributed by atoms with E-state index in [1.807, 2.05) is 52.0 Å². The van der Waals surface area contributed by atoms with Gasteiger partial charge < -0.3 is 10.4 Å². The predicted octanol–water partition coefficient (Wildman–Crippen LogP) is 2.64. The van der Waals surface area contributed by atoms with Crippen LogP contribution in [0, 0.1) is 17.3 Å². The Morgan fingerprint density at radius 3 is 2.70 bits per heavy atom. The summed E-state index contributed by atoms with van der Waals surface area (Å²) >= 11 is 0. The Labute approximate surface area is 121 Å². The average molecular weight is 273 g/mol. The van der Waals surface area contributed by atoms with Gasteiger partial charge in [-0.05, 0) is 30.0 Å². The monoisotopic (exact) mass is 273 g/mol. The van der Waals surface area contributed by atoms with E-state index < -0.39 is 0 Å². The standard InChI is InChI=1S/C17H23NO2/c1-13(18-16(20)12-17(2,3)4)15-9-5-7-14(11-15)8-6-10-19/h5,7,9,11,13,19H,10,12H2,1-4H3,(H,18,20). The lowest BCUT2D eigenvalue weighted by molar-refractivity contribution is -0.123. The SMILES string of the molecule is CC(NC(=O)CC(C)(C)C)c1cccc(C#CCO)c1. The number of nitrogens with one attached hydrogen (secondary N) is 1. The van der Waals surface area contributed by atoms with Gasteiger partial charge in [-0.3, -0.25) is 4.79 Å². The van der Waals surface area contributed by atoms with Crippen LogP contribution in [0.3, 0.4) is 0 Å². The van der Waals surface area contributed by atoms with Gasteiger partial charge in [0.1, 0.15) is 6.61 Å². The number of hydrogen-bond donors (Lipinski definition) is 2. The van der Waals surface area contributed by atoms with Crippen LogP contribution in [0.5, 0.6) is 0 Å². The van der Waals surface area contributed by atoms with Gasteiger partial charge in [0.2, 0.25) is 5.91 Å². The molecule has 0 saturated carbocycles. The quantitative estimate of drug-likeness (QED) is 0.832. The second kappa shape index (κ2) is 7.12. The molecule has 1 atom stereocenters. The number of benzene rings is 1. The molecule has 0 aliphatic heterocycles. The van der Waals surface area contributed by atoms with Crippen molar-refractivity contribution in [2.24, 2.45) is 5.41 Å². The normalized spacial score (nSPS) is 12.2. The highest BCUT2D eigenvalue weighted by atomic mass is 16.2. The highest BCUT2D eigenvalue weighted by molar-refractivity contribution is 5.77. The summed E-state index contributed by atoms with van der Waals surface area (Å²) < 4.78 is 0. The zero-order chi connectivity index (χ0) is 15.2. The first kappa shape index (κ1) is 16.3. The molecule has 20 heavy (non-hydrogen) atoms. The maximum Gasteiger partial charge on any atom is 0.220 e. The molecule has 0 saturated heterocycles. The largest absolute Gasteiger partial charge is 0.384 e. The summed E-state index contributed by atoms with van der Waals surface area (Å²) in [7, 11) is 0. The van der Waals surface area contributed by atoms with Crippen molar-refractivity contribution < 1.29 is 9.90 Å². The van der Waals surface area contributed by atoms with Crippen molar-refractivity contribution in [3.05, 3.63) is 35.4 Å². The summed E-state index contributed by atoms with van der Waals surface area (Å²) in [6, 6.07) is 7.64. The Balaban J connectivity index is 2.72. The van der Waals surface area contributed by atoms with E-state index in [0.717, 1.165) is 11.1 Å². The van der Waals surface area contributed by atoms with Gasteiger partial charge in [-0.15, -0.1) is 0 Å². The van der Waals surface area contributed by atoms with Crippen LogP contribution in [0.4, 0.5) is 0 Å². The van der Waals surface area contributed by atoms with Gasteiger partial charge in [0.25, 0.3) is 0 Å². The number of carbonyl (C=O) groups is 1. The van der Waals surface area contributed by atoms with Crippen molar-refractivity contribution in [1.29, 1.82) is 0 Å². The van der Waals surface area contributed by atoms with Crippen LogP contribution in [-0.2, 0) is 4.79 Å². The van der Waals surface area contributed by atoms with Crippen molar-refractivity contribution in [3.63, 3.8) is 0 Å². The van der Waals surface area contributed by atoms with Gasteiger partial charge in [0, 0.05) is 12.0 Å². The van der Waals surface area contributed by atoms with Crippen LogP contribution < -0.4 is 5.32 Å². The number of carbonyl (C=O) groups excluding carboxylic acids is 1. The number of aliphatic hydroxyl groups is 1. The van der Waals surface area contributed by atoms with E-state index in [-0.39, 0.29) is 24.0 Å². The number of rotatable bonds is 3. The first-order valence-corrected chi connectivity index (χ1v) is 6.81. The second-order valence-corrected chi connectivity index (χ2v) is 6.11. The van der Waals surface area contributed by atoms with E-state index in [9.17, 15) is 4.79 Å². The van der Waals surface area contributed by atoms with Crippen molar-refractivity contribution >= 4 is 5.91 Å². The third kappa shape index (κ3) is 5.90. The smallest absolute Gasteiger partial charge is 0.220 e. The van der Waals surface area contributed by atoms with Gasteiger partial charge in [0.05, 0.1) is 6.04 Å². The summed E-state index contributed by atoms with van der Waals surface area (Å²) in [6.07, 6.45) is 0.501. The number of aliphatic hydroxyl groups excluding tert-OH is 1. The highest BCUT2D eigenvalue weighted by Crippen LogP contribution is 2.20. The first-order valence-electron chi connectivity index (χ1n) is 6.81. The molecule has 1 aromatic carbocycles. The van der Waals surface area contributed by atoms with Crippen LogP contribution in [-0.4, -0.2) is 17.6 Å². The molecule has 0 aliphatic rings. The van der Waals surface area contributed by atoms with E-state index >= 15 is 0 Å². The van der Waals surface area contributed by atoms with E-state index in [0.29, 0.717) is 6.42 Å². The molecular formula is C17H23NO2. The molecule has 2 N–H and O–H groups in total. The molecule has 1 aromatic rings. The maximum atomic E-state index is 11.9. The number of hydrogen-bond acceptors (Lipinski definition) is 2. The molecule has 108 valence electrons. The molecule has 0 spiro atoms. The van der Waals surface area contributed by atoms with E-state index in [1.54, 1.807) is 0 Å². The van der Waals surface area contributed by atoms with Crippen molar-refractivity contribution in [1.82, 2.24) is 5.32 Å². The zero-order valence-electron chi connectivity index (χ0n) is 12.7. The molecular weight excluding hydrogens is 250 g/mol. The van der Waals surface area contributed by atoms with Crippen LogP contribution >= 0.6 is 0 Å². The lowest BCUT2D eigenvalue weighted by Gasteiger charge is -2.20. The third-order valence-electron chi connectivity index (χ3n) is 2.77. The molecule has 0 bridgehead atoms. The molecule has 0 fully saturated rings. The lowest BCUT2D eigenvalue weighted by atomic mass is 9.91. The van der Waals surface area contributed by atoms with Gasteiger partial charge in [-0.25, -0.2) is 0 Å². The summed E-state index contributed by atoms with van der Waals surface area (Å²) in [5.41, 5.74) is 1.84. The second-order valence-electron chi connectivity index (χ2n) is 6.11. The molecule has 0 aromatic heterocycles. The summed E-state index contributed by atoms with van der Waals surface area (Å²) in [4.78, 5) is 11.9. The van der Waals surface area contributed by atoms with Crippen molar-refractivity contribution in [3.8, 4) is 11.8 Å². The fourth-order valence-electron chi connectivity index (χ4n) is 1.88. The van der Waals surface area contributed by atoms with E-state index in [2.05, 4.69) is 17.2 Å². The summed E-state index contributed by atoms with van der Waals surface area (Å²) in [6.45, 7) is 7.94. The van der Waals surface area contributed by atoms with Crippen molar-refractivity contribution in [2.75, 3.05) is 6.61 Å². The molecule has 0 heterocycles. The Hall–Kier alpha value is -1.79. The van der Waals surface area contributed by atoms with Gasteiger partial charge >= 0.3 is 0 Å². The molecule has 3 nitrogen and oxygen atoms in total. The minimum atomic E-state index is -0.151. The number of amides is 1. The van der Waals surface area contributed by atoms with Gasteiger partial charge in [-0.1, -0.05) is 44.7 Å². The fraction of sp³-hybridized carbons (Fsp3) is 0.471. The molecule has 1 amide bonds. The first-order chi connectivity index (χ1) is 9.31. The molecule has 0 aliphatic carbocycles. The lowest BCUT2D eigenvalue weighted by Crippen LogP contribution is -2.29. The van der Waals surface area contributed by atoms with Crippen LogP contribution in [0.15, 0.2) is 24.3 Å². The topological polar surface area (TPSA) is 49.3 Å². The predicted molar refractivity (Wildman–Crippen MR) is 81.0 cm³/mol. The van der Waals surface area contributed by atoms with E-state index in [1.165, 1.54) is 0 Å². The molecule has 1 unspecified atom stereocenters. The minimum Gasteiger partial charge on any atom is -0.384 e. The highest BCUT2D eigenvalue weighted by Gasteiger charge is 2.17. The zero-order valence-corrected chi connectivity index (χ0v) is 12.7. The summed E-state index contributed by atoms with van der Waals surface area (Å²) in [5, 5.41) is 11.7.